The Hall–Kier alpha value is -1.94. The summed E-state index contributed by atoms with van der Waals surface area (Å²) < 4.78 is 29.1. The summed E-state index contributed by atoms with van der Waals surface area (Å²) in [5.74, 6) is 0.687. The Labute approximate surface area is 184 Å². The van der Waals surface area contributed by atoms with Crippen LogP contribution in [0.4, 0.5) is 5.69 Å². The number of carbonyl (C=O) groups excluding carboxylic acids is 1. The molecule has 1 amide bonds. The van der Waals surface area contributed by atoms with Gasteiger partial charge in [0.05, 0.1) is 15.1 Å². The first-order valence-electron chi connectivity index (χ1n) is 9.91. The summed E-state index contributed by atoms with van der Waals surface area (Å²) in [5, 5.41) is 2.82. The van der Waals surface area contributed by atoms with E-state index >= 15 is 0 Å². The zero-order chi connectivity index (χ0) is 21.0. The number of nitrogens with zero attached hydrogens (tertiary/aromatic N) is 2. The summed E-state index contributed by atoms with van der Waals surface area (Å²) in [6.07, 6.45) is 2.88. The monoisotopic (exact) mass is 461 g/mol. The second-order valence-electron chi connectivity index (χ2n) is 7.09. The average Bonchev–Trinajstić information content (AvgIpc) is 3.41. The highest BCUT2D eigenvalue weighted by Gasteiger charge is 2.27. The number of amides is 1. The number of para-hydroxylation sites is 1. The number of thioether (sulfide) groups is 1. The van der Waals surface area contributed by atoms with Gasteiger partial charge in [-0.3, -0.25) is 4.79 Å². The number of anilines is 1. The Morgan fingerprint density at radius 2 is 1.93 bits per heavy atom. The lowest BCUT2D eigenvalue weighted by Gasteiger charge is -2.16. The molecule has 0 spiro atoms. The molecule has 0 aliphatic carbocycles. The maximum atomic E-state index is 12.7. The Bertz CT molecular complexity index is 1110. The fraction of sp³-hybridized carbons (Fsp3) is 0.333. The molecular weight excluding hydrogens is 438 g/mol. The summed E-state index contributed by atoms with van der Waals surface area (Å²) >= 11 is 3.32. The number of carbonyl (C=O) groups is 1. The lowest BCUT2D eigenvalue weighted by Crippen LogP contribution is -2.27. The first-order chi connectivity index (χ1) is 14.5. The zero-order valence-electron chi connectivity index (χ0n) is 16.4. The molecule has 0 atom stereocenters. The van der Waals surface area contributed by atoms with E-state index in [1.807, 2.05) is 18.2 Å². The van der Waals surface area contributed by atoms with Crippen molar-refractivity contribution in [2.75, 3.05) is 24.2 Å². The first kappa shape index (κ1) is 21.3. The Kier molecular flexibility index (Phi) is 6.72. The van der Waals surface area contributed by atoms with Crippen molar-refractivity contribution >= 4 is 54.9 Å². The average molecular weight is 462 g/mol. The van der Waals surface area contributed by atoms with E-state index in [2.05, 4.69) is 16.4 Å². The maximum Gasteiger partial charge on any atom is 0.243 e. The number of rotatable bonds is 8. The molecule has 1 aromatic heterocycles. The van der Waals surface area contributed by atoms with E-state index in [4.69, 9.17) is 0 Å². The molecule has 0 unspecified atom stereocenters. The molecule has 1 saturated heterocycles. The lowest BCUT2D eigenvalue weighted by atomic mass is 10.3. The van der Waals surface area contributed by atoms with Crippen LogP contribution in [0.25, 0.3) is 10.2 Å². The van der Waals surface area contributed by atoms with E-state index in [1.54, 1.807) is 47.4 Å². The van der Waals surface area contributed by atoms with Gasteiger partial charge in [-0.1, -0.05) is 30.0 Å². The highest BCUT2D eigenvalue weighted by atomic mass is 32.2. The molecule has 0 radical (unpaired) electrons. The second-order valence-corrected chi connectivity index (χ2v) is 11.4. The summed E-state index contributed by atoms with van der Waals surface area (Å²) in [5.41, 5.74) is 1.52. The maximum absolute atomic E-state index is 12.7. The van der Waals surface area contributed by atoms with Crippen LogP contribution in [0.2, 0.25) is 0 Å². The van der Waals surface area contributed by atoms with Crippen LogP contribution < -0.4 is 5.32 Å². The highest BCUT2D eigenvalue weighted by molar-refractivity contribution is 8.01. The molecule has 2 heterocycles. The molecule has 4 rings (SSSR count). The van der Waals surface area contributed by atoms with Crippen LogP contribution in [0.5, 0.6) is 0 Å². The molecule has 1 fully saturated rings. The number of thiazole rings is 1. The number of hydrogen-bond donors (Lipinski definition) is 1. The van der Waals surface area contributed by atoms with Gasteiger partial charge in [0, 0.05) is 31.0 Å². The summed E-state index contributed by atoms with van der Waals surface area (Å²) in [4.78, 5) is 17.1. The van der Waals surface area contributed by atoms with Gasteiger partial charge in [-0.2, -0.15) is 4.31 Å². The topological polar surface area (TPSA) is 79.4 Å². The molecule has 0 bridgehead atoms. The Balaban J connectivity index is 1.27. The van der Waals surface area contributed by atoms with Crippen LogP contribution in [-0.2, 0) is 14.8 Å². The number of benzene rings is 2. The molecule has 3 aromatic rings. The van der Waals surface area contributed by atoms with Crippen molar-refractivity contribution < 1.29 is 13.2 Å². The fourth-order valence-electron chi connectivity index (χ4n) is 3.34. The van der Waals surface area contributed by atoms with Crippen molar-refractivity contribution in [1.29, 1.82) is 0 Å². The Morgan fingerprint density at radius 1 is 1.13 bits per heavy atom. The predicted molar refractivity (Wildman–Crippen MR) is 123 cm³/mol. The number of nitrogens with one attached hydrogen (secondary N) is 1. The SMILES string of the molecule is O=C(CCCSc1nc2ccccc2s1)Nc1cccc(S(=O)(=O)N2CCCC2)c1. The van der Waals surface area contributed by atoms with Crippen molar-refractivity contribution in [1.82, 2.24) is 9.29 Å². The molecular formula is C21H23N3O3S3. The smallest absolute Gasteiger partial charge is 0.243 e. The molecule has 2 aromatic carbocycles. The van der Waals surface area contributed by atoms with Gasteiger partial charge >= 0.3 is 0 Å². The van der Waals surface area contributed by atoms with E-state index < -0.39 is 10.0 Å². The van der Waals surface area contributed by atoms with Crippen LogP contribution in [0.3, 0.4) is 0 Å². The summed E-state index contributed by atoms with van der Waals surface area (Å²) in [6, 6.07) is 14.6. The van der Waals surface area contributed by atoms with Gasteiger partial charge in [-0.15, -0.1) is 11.3 Å². The minimum atomic E-state index is -3.49. The third-order valence-corrected chi connectivity index (χ3v) is 9.03. The second kappa shape index (κ2) is 9.47. The van der Waals surface area contributed by atoms with Crippen LogP contribution >= 0.6 is 23.1 Å². The van der Waals surface area contributed by atoms with E-state index in [1.165, 1.54) is 9.01 Å². The number of sulfonamides is 1. The quantitative estimate of drug-likeness (QED) is 0.392. The third-order valence-electron chi connectivity index (χ3n) is 4.87. The minimum Gasteiger partial charge on any atom is -0.326 e. The molecule has 1 aliphatic rings. The van der Waals surface area contributed by atoms with E-state index in [0.717, 1.165) is 34.9 Å². The molecule has 1 aliphatic heterocycles. The van der Waals surface area contributed by atoms with Crippen LogP contribution in [0.1, 0.15) is 25.7 Å². The van der Waals surface area contributed by atoms with E-state index in [-0.39, 0.29) is 10.8 Å². The molecule has 158 valence electrons. The molecule has 9 heteroatoms. The zero-order valence-corrected chi connectivity index (χ0v) is 18.9. The van der Waals surface area contributed by atoms with Gasteiger partial charge in [0.15, 0.2) is 4.34 Å². The van der Waals surface area contributed by atoms with Gasteiger partial charge in [0.2, 0.25) is 15.9 Å². The first-order valence-corrected chi connectivity index (χ1v) is 13.1. The van der Waals surface area contributed by atoms with Gasteiger partial charge in [0.1, 0.15) is 0 Å². The molecule has 30 heavy (non-hydrogen) atoms. The van der Waals surface area contributed by atoms with Gasteiger partial charge in [-0.25, -0.2) is 13.4 Å². The minimum absolute atomic E-state index is 0.115. The van der Waals surface area contributed by atoms with Crippen LogP contribution in [0, 0.1) is 0 Å². The lowest BCUT2D eigenvalue weighted by molar-refractivity contribution is -0.116. The van der Waals surface area contributed by atoms with Crippen molar-refractivity contribution in [3.8, 4) is 0 Å². The van der Waals surface area contributed by atoms with Crippen LogP contribution in [-0.4, -0.2) is 42.5 Å². The molecule has 1 N–H and O–H groups in total. The standard InChI is InChI=1S/C21H23N3O3S3/c25-20(11-6-14-28-21-23-18-9-1-2-10-19(18)29-21)22-16-7-5-8-17(15-16)30(26,27)24-12-3-4-13-24/h1-2,5,7-10,15H,3-4,6,11-14H2,(H,22,25). The summed E-state index contributed by atoms with van der Waals surface area (Å²) in [6.45, 7) is 1.12. The third kappa shape index (κ3) is 5.03. The molecule has 6 nitrogen and oxygen atoms in total. The fourth-order valence-corrected chi connectivity index (χ4v) is 6.98. The van der Waals surface area contributed by atoms with E-state index in [0.29, 0.717) is 25.2 Å². The number of fused-ring (bicyclic) bond motifs is 1. The number of aromatic nitrogens is 1. The van der Waals surface area contributed by atoms with Gasteiger partial charge < -0.3 is 5.32 Å². The van der Waals surface area contributed by atoms with Crippen LogP contribution in [0.15, 0.2) is 57.8 Å². The highest BCUT2D eigenvalue weighted by Crippen LogP contribution is 2.30. The largest absolute Gasteiger partial charge is 0.326 e. The summed E-state index contributed by atoms with van der Waals surface area (Å²) in [7, 11) is -3.49. The van der Waals surface area contributed by atoms with Crippen molar-refractivity contribution in [2.24, 2.45) is 0 Å². The molecule has 0 saturated carbocycles. The van der Waals surface area contributed by atoms with Crippen molar-refractivity contribution in [3.63, 3.8) is 0 Å². The predicted octanol–water partition coefficient (Wildman–Crippen LogP) is 4.59. The van der Waals surface area contributed by atoms with E-state index in [9.17, 15) is 13.2 Å². The van der Waals surface area contributed by atoms with Gasteiger partial charge in [-0.05, 0) is 49.6 Å². The van der Waals surface area contributed by atoms with Crippen molar-refractivity contribution in [2.45, 2.75) is 34.9 Å². The Morgan fingerprint density at radius 3 is 2.73 bits per heavy atom. The van der Waals surface area contributed by atoms with Gasteiger partial charge in [0.25, 0.3) is 0 Å². The normalized spacial score (nSPS) is 14.9. The van der Waals surface area contributed by atoms with Crippen molar-refractivity contribution in [3.05, 3.63) is 48.5 Å². The number of hydrogen-bond acceptors (Lipinski definition) is 6.